The van der Waals surface area contributed by atoms with Crippen LogP contribution in [0.2, 0.25) is 0 Å². The van der Waals surface area contributed by atoms with Crippen LogP contribution in [0.3, 0.4) is 0 Å². The molecule has 0 bridgehead atoms. The van der Waals surface area contributed by atoms with Gasteiger partial charge in [0, 0.05) is 24.0 Å². The molecule has 0 fully saturated rings. The molecule has 0 aromatic heterocycles. The lowest BCUT2D eigenvalue weighted by Gasteiger charge is -2.35. The monoisotopic (exact) mass is 482 g/mol. The van der Waals surface area contributed by atoms with Gasteiger partial charge in [0.1, 0.15) is 6.04 Å². The topological polar surface area (TPSA) is 145 Å². The number of carbonyl (C=O) groups is 3. The van der Waals surface area contributed by atoms with E-state index in [1.54, 1.807) is 31.2 Å². The number of aliphatic carboxylic acids is 1. The molecule has 0 radical (unpaired) electrons. The van der Waals surface area contributed by atoms with Crippen LogP contribution < -0.4 is 21.3 Å². The molecule has 6 N–H and O–H groups in total. The Bertz CT molecular complexity index is 764. The molecule has 0 saturated carbocycles. The molecule has 0 saturated heterocycles. The van der Waals surface area contributed by atoms with Crippen LogP contribution in [0.15, 0.2) is 30.3 Å². The Labute approximate surface area is 201 Å². The second kappa shape index (κ2) is 14.2. The quantitative estimate of drug-likeness (QED) is 0.217. The SMILES string of the molecule is CC[C@H](C)[C@H](NC[C@@H](N)CS)C(=O)N(c1ccccc1)[C@@H](C)C(=O)N[C@@H](CC(=O)O)C(C)O. The summed E-state index contributed by atoms with van der Waals surface area (Å²) in [6, 6.07) is 6.05. The Morgan fingerprint density at radius 1 is 1.15 bits per heavy atom. The molecular formula is C23H38N4O5S. The minimum atomic E-state index is -1.15. The van der Waals surface area contributed by atoms with Crippen molar-refractivity contribution >= 4 is 36.1 Å². The Hall–Kier alpha value is -2.14. The lowest BCUT2D eigenvalue weighted by atomic mass is 9.96. The number of rotatable bonds is 14. The first-order chi connectivity index (χ1) is 15.5. The van der Waals surface area contributed by atoms with E-state index in [4.69, 9.17) is 10.8 Å². The first kappa shape index (κ1) is 28.9. The van der Waals surface area contributed by atoms with Crippen molar-refractivity contribution in [3.05, 3.63) is 30.3 Å². The normalized spacial score (nSPS) is 16.7. The van der Waals surface area contributed by atoms with E-state index in [1.165, 1.54) is 11.8 Å². The van der Waals surface area contributed by atoms with Crippen LogP contribution in [-0.2, 0) is 14.4 Å². The zero-order valence-corrected chi connectivity index (χ0v) is 20.7. The van der Waals surface area contributed by atoms with Crippen LogP contribution >= 0.6 is 12.6 Å². The molecule has 0 aliphatic carbocycles. The van der Waals surface area contributed by atoms with Crippen LogP contribution in [0, 0.1) is 5.92 Å². The molecule has 1 rings (SSSR count). The van der Waals surface area contributed by atoms with Crippen LogP contribution in [0.4, 0.5) is 5.69 Å². The van der Waals surface area contributed by atoms with Crippen molar-refractivity contribution in [1.29, 1.82) is 0 Å². The Balaban J connectivity index is 3.26. The predicted molar refractivity (Wildman–Crippen MR) is 132 cm³/mol. The Kier molecular flexibility index (Phi) is 12.4. The highest BCUT2D eigenvalue weighted by Gasteiger charge is 2.35. The van der Waals surface area contributed by atoms with Crippen LogP contribution in [0.1, 0.15) is 40.5 Å². The number of hydrogen-bond acceptors (Lipinski definition) is 7. The Morgan fingerprint density at radius 2 is 1.76 bits per heavy atom. The molecule has 10 heteroatoms. The van der Waals surface area contributed by atoms with Gasteiger partial charge in [-0.05, 0) is 31.9 Å². The molecule has 0 heterocycles. The minimum Gasteiger partial charge on any atom is -0.481 e. The summed E-state index contributed by atoms with van der Waals surface area (Å²) in [4.78, 5) is 39.4. The third-order valence-corrected chi connectivity index (χ3v) is 6.13. The molecule has 0 aliphatic heterocycles. The second-order valence-electron chi connectivity index (χ2n) is 8.39. The number of hydrogen-bond donors (Lipinski definition) is 6. The Morgan fingerprint density at radius 3 is 2.24 bits per heavy atom. The maximum Gasteiger partial charge on any atom is 0.305 e. The van der Waals surface area contributed by atoms with E-state index < -0.39 is 42.5 Å². The molecule has 1 unspecified atom stereocenters. The smallest absolute Gasteiger partial charge is 0.305 e. The van der Waals surface area contributed by atoms with Crippen LogP contribution in [0.5, 0.6) is 0 Å². The molecule has 0 spiro atoms. The lowest BCUT2D eigenvalue weighted by Crippen LogP contribution is -2.58. The molecule has 6 atom stereocenters. The van der Waals surface area contributed by atoms with E-state index in [9.17, 15) is 19.5 Å². The van der Waals surface area contributed by atoms with Gasteiger partial charge in [-0.3, -0.25) is 19.3 Å². The van der Waals surface area contributed by atoms with Crippen molar-refractivity contribution in [2.75, 3.05) is 17.2 Å². The van der Waals surface area contributed by atoms with Gasteiger partial charge in [-0.2, -0.15) is 12.6 Å². The van der Waals surface area contributed by atoms with Gasteiger partial charge in [0.2, 0.25) is 11.8 Å². The van der Waals surface area contributed by atoms with E-state index in [-0.39, 0.29) is 17.9 Å². The number of thiol groups is 1. The number of nitrogens with two attached hydrogens (primary N) is 1. The number of carboxylic acid groups (broad SMARTS) is 1. The average molecular weight is 483 g/mol. The summed E-state index contributed by atoms with van der Waals surface area (Å²) in [5.74, 6) is -1.58. The van der Waals surface area contributed by atoms with Gasteiger partial charge >= 0.3 is 5.97 Å². The summed E-state index contributed by atoms with van der Waals surface area (Å²) in [5.41, 5.74) is 6.51. The molecule has 1 aromatic carbocycles. The number of amides is 2. The number of benzene rings is 1. The zero-order chi connectivity index (χ0) is 25.1. The minimum absolute atomic E-state index is 0.0386. The molecule has 186 valence electrons. The maximum absolute atomic E-state index is 13.8. The highest BCUT2D eigenvalue weighted by Crippen LogP contribution is 2.21. The number of nitrogens with one attached hydrogen (secondary N) is 2. The fourth-order valence-electron chi connectivity index (χ4n) is 3.34. The predicted octanol–water partition coefficient (Wildman–Crippen LogP) is 1.01. The summed E-state index contributed by atoms with van der Waals surface area (Å²) in [7, 11) is 0. The highest BCUT2D eigenvalue weighted by molar-refractivity contribution is 7.80. The highest BCUT2D eigenvalue weighted by atomic mass is 32.1. The fraction of sp³-hybridized carbons (Fsp3) is 0.609. The van der Waals surface area contributed by atoms with Crippen molar-refractivity contribution < 1.29 is 24.6 Å². The number of carboxylic acids is 1. The van der Waals surface area contributed by atoms with Gasteiger partial charge in [-0.15, -0.1) is 0 Å². The zero-order valence-electron chi connectivity index (χ0n) is 19.8. The van der Waals surface area contributed by atoms with Crippen molar-refractivity contribution in [2.24, 2.45) is 11.7 Å². The van der Waals surface area contributed by atoms with Gasteiger partial charge in [0.15, 0.2) is 0 Å². The molecule has 1 aromatic rings. The summed E-state index contributed by atoms with van der Waals surface area (Å²) in [6.45, 7) is 7.30. The first-order valence-electron chi connectivity index (χ1n) is 11.2. The first-order valence-corrected chi connectivity index (χ1v) is 11.8. The number of anilines is 1. The molecule has 0 aliphatic rings. The van der Waals surface area contributed by atoms with E-state index in [0.717, 1.165) is 6.42 Å². The van der Waals surface area contributed by atoms with Gasteiger partial charge < -0.3 is 26.6 Å². The van der Waals surface area contributed by atoms with Gasteiger partial charge in [0.05, 0.1) is 24.6 Å². The van der Waals surface area contributed by atoms with Crippen molar-refractivity contribution in [2.45, 2.75) is 70.8 Å². The van der Waals surface area contributed by atoms with Crippen molar-refractivity contribution in [3.63, 3.8) is 0 Å². The second-order valence-corrected chi connectivity index (χ2v) is 8.75. The van der Waals surface area contributed by atoms with E-state index in [0.29, 0.717) is 18.0 Å². The molecule has 2 amide bonds. The summed E-state index contributed by atoms with van der Waals surface area (Å²) < 4.78 is 0. The van der Waals surface area contributed by atoms with E-state index in [2.05, 4.69) is 23.3 Å². The number of para-hydroxylation sites is 1. The van der Waals surface area contributed by atoms with Crippen molar-refractivity contribution in [3.8, 4) is 0 Å². The third-order valence-electron chi connectivity index (χ3n) is 5.66. The maximum atomic E-state index is 13.8. The van der Waals surface area contributed by atoms with E-state index in [1.807, 2.05) is 19.9 Å². The summed E-state index contributed by atoms with van der Waals surface area (Å²) in [6.07, 6.45) is -0.783. The fourth-order valence-corrected chi connectivity index (χ4v) is 3.47. The van der Waals surface area contributed by atoms with Crippen LogP contribution in [0.25, 0.3) is 0 Å². The van der Waals surface area contributed by atoms with Gasteiger partial charge in [-0.25, -0.2) is 0 Å². The largest absolute Gasteiger partial charge is 0.481 e. The number of aliphatic hydroxyl groups excluding tert-OH is 1. The number of nitrogens with zero attached hydrogens (tertiary/aromatic N) is 1. The van der Waals surface area contributed by atoms with Crippen molar-refractivity contribution in [1.82, 2.24) is 10.6 Å². The molecule has 9 nitrogen and oxygen atoms in total. The van der Waals surface area contributed by atoms with Crippen LogP contribution in [-0.4, -0.2) is 70.6 Å². The van der Waals surface area contributed by atoms with Gasteiger partial charge in [-0.1, -0.05) is 38.5 Å². The molecular weight excluding hydrogens is 444 g/mol. The summed E-state index contributed by atoms with van der Waals surface area (Å²) >= 11 is 4.20. The van der Waals surface area contributed by atoms with Gasteiger partial charge in [0.25, 0.3) is 0 Å². The summed E-state index contributed by atoms with van der Waals surface area (Å²) in [5, 5.41) is 24.8. The third kappa shape index (κ3) is 8.96. The molecule has 33 heavy (non-hydrogen) atoms. The number of aliphatic hydroxyl groups is 1. The van der Waals surface area contributed by atoms with E-state index >= 15 is 0 Å². The lowest BCUT2D eigenvalue weighted by molar-refractivity contribution is -0.138. The average Bonchev–Trinajstić information content (AvgIpc) is 2.78. The number of carbonyl (C=O) groups excluding carboxylic acids is 2. The standard InChI is InChI=1S/C23H38N4O5S/c1-5-14(2)21(25-12-17(24)13-33)23(32)27(18-9-7-6-8-10-18)15(3)22(31)26-19(16(4)28)11-20(29)30/h6-10,14-17,19,21,25,28,33H,5,11-13,24H2,1-4H3,(H,26,31)(H,29,30)/t14-,15-,16?,17+,19-,21-/m0/s1.